The van der Waals surface area contributed by atoms with Gasteiger partial charge in [-0.05, 0) is 44.5 Å². The molecule has 1 aromatic heterocycles. The third-order valence-electron chi connectivity index (χ3n) is 4.27. The number of hydrogen-bond acceptors (Lipinski definition) is 5. The summed E-state index contributed by atoms with van der Waals surface area (Å²) in [5, 5.41) is 0. The molecule has 0 aliphatic carbocycles. The number of piperazine rings is 1. The summed E-state index contributed by atoms with van der Waals surface area (Å²) in [5.74, 6) is 1.81. The Labute approximate surface area is 144 Å². The number of nitrogens with zero attached hydrogens (tertiary/aromatic N) is 4. The van der Waals surface area contributed by atoms with Crippen LogP contribution in [0.1, 0.15) is 23.9 Å². The van der Waals surface area contributed by atoms with Gasteiger partial charge in [0.05, 0.1) is 6.61 Å². The van der Waals surface area contributed by atoms with Crippen LogP contribution < -0.4 is 9.64 Å². The Morgan fingerprint density at radius 1 is 0.958 bits per heavy atom. The monoisotopic (exact) mass is 326 g/mol. The fourth-order valence-corrected chi connectivity index (χ4v) is 3.07. The van der Waals surface area contributed by atoms with Gasteiger partial charge in [0.2, 0.25) is 5.95 Å². The van der Waals surface area contributed by atoms with E-state index in [0.717, 1.165) is 55.8 Å². The van der Waals surface area contributed by atoms with E-state index < -0.39 is 0 Å². The van der Waals surface area contributed by atoms with Crippen LogP contribution in [0.3, 0.4) is 0 Å². The Morgan fingerprint density at radius 3 is 2.17 bits per heavy atom. The van der Waals surface area contributed by atoms with Crippen LogP contribution >= 0.6 is 0 Å². The van der Waals surface area contributed by atoms with Crippen LogP contribution in [-0.2, 0) is 6.54 Å². The van der Waals surface area contributed by atoms with Crippen LogP contribution in [0.15, 0.2) is 30.3 Å². The highest BCUT2D eigenvalue weighted by atomic mass is 16.5. The molecule has 0 saturated carbocycles. The lowest BCUT2D eigenvalue weighted by molar-refractivity contribution is 0.248. The van der Waals surface area contributed by atoms with Gasteiger partial charge >= 0.3 is 0 Å². The molecule has 0 bridgehead atoms. The molecule has 3 rings (SSSR count). The first-order chi connectivity index (χ1) is 11.6. The van der Waals surface area contributed by atoms with E-state index in [1.54, 1.807) is 0 Å². The minimum Gasteiger partial charge on any atom is -0.494 e. The quantitative estimate of drug-likeness (QED) is 0.845. The standard InChI is InChI=1S/C19H26N4O/c1-4-24-18-7-5-17(6-8-18)14-22-9-11-23(12-10-22)19-20-15(2)13-16(3)21-19/h5-8,13H,4,9-12,14H2,1-3H3. The van der Waals surface area contributed by atoms with Crippen molar-refractivity contribution in [1.29, 1.82) is 0 Å². The molecule has 24 heavy (non-hydrogen) atoms. The Balaban J connectivity index is 1.55. The molecule has 1 saturated heterocycles. The largest absolute Gasteiger partial charge is 0.494 e. The number of aryl methyl sites for hydroxylation is 2. The summed E-state index contributed by atoms with van der Waals surface area (Å²) >= 11 is 0. The highest BCUT2D eigenvalue weighted by Crippen LogP contribution is 2.16. The molecule has 2 aromatic rings. The molecular weight excluding hydrogens is 300 g/mol. The minimum atomic E-state index is 0.710. The molecule has 2 heterocycles. The molecule has 0 N–H and O–H groups in total. The lowest BCUT2D eigenvalue weighted by Gasteiger charge is -2.34. The number of benzene rings is 1. The van der Waals surface area contributed by atoms with Crippen molar-refractivity contribution in [2.75, 3.05) is 37.7 Å². The molecule has 1 fully saturated rings. The van der Waals surface area contributed by atoms with Gasteiger partial charge in [-0.3, -0.25) is 4.90 Å². The maximum absolute atomic E-state index is 5.50. The fraction of sp³-hybridized carbons (Fsp3) is 0.474. The number of rotatable bonds is 5. The van der Waals surface area contributed by atoms with Crippen molar-refractivity contribution in [2.45, 2.75) is 27.3 Å². The lowest BCUT2D eigenvalue weighted by Crippen LogP contribution is -2.46. The van der Waals surface area contributed by atoms with Crippen LogP contribution in [0.25, 0.3) is 0 Å². The molecule has 1 aliphatic rings. The number of anilines is 1. The predicted molar refractivity (Wildman–Crippen MR) is 96.6 cm³/mol. The number of ether oxygens (including phenoxy) is 1. The SMILES string of the molecule is CCOc1ccc(CN2CCN(c3nc(C)cc(C)n3)CC2)cc1. The molecule has 0 atom stereocenters. The van der Waals surface area contributed by atoms with Crippen molar-refractivity contribution in [3.05, 3.63) is 47.3 Å². The first-order valence-electron chi connectivity index (χ1n) is 8.65. The van der Waals surface area contributed by atoms with E-state index in [1.165, 1.54) is 5.56 Å². The zero-order chi connectivity index (χ0) is 16.9. The summed E-state index contributed by atoms with van der Waals surface area (Å²) in [6.07, 6.45) is 0. The molecule has 0 unspecified atom stereocenters. The van der Waals surface area contributed by atoms with Gasteiger partial charge in [-0.2, -0.15) is 0 Å². The van der Waals surface area contributed by atoms with E-state index in [9.17, 15) is 0 Å². The van der Waals surface area contributed by atoms with Gasteiger partial charge < -0.3 is 9.64 Å². The summed E-state index contributed by atoms with van der Waals surface area (Å²) in [6.45, 7) is 11.8. The van der Waals surface area contributed by atoms with Crippen LogP contribution in [0, 0.1) is 13.8 Å². The zero-order valence-corrected chi connectivity index (χ0v) is 14.8. The van der Waals surface area contributed by atoms with E-state index >= 15 is 0 Å². The number of aromatic nitrogens is 2. The summed E-state index contributed by atoms with van der Waals surface area (Å²) < 4.78 is 5.50. The summed E-state index contributed by atoms with van der Waals surface area (Å²) in [7, 11) is 0. The maximum atomic E-state index is 5.50. The van der Waals surface area contributed by atoms with Crippen LogP contribution in [0.5, 0.6) is 5.75 Å². The zero-order valence-electron chi connectivity index (χ0n) is 14.8. The predicted octanol–water partition coefficient (Wildman–Crippen LogP) is 2.81. The average molecular weight is 326 g/mol. The maximum Gasteiger partial charge on any atom is 0.225 e. The number of hydrogen-bond donors (Lipinski definition) is 0. The Kier molecular flexibility index (Phi) is 5.30. The second kappa shape index (κ2) is 7.62. The van der Waals surface area contributed by atoms with Gasteiger partial charge in [-0.1, -0.05) is 12.1 Å². The second-order valence-electron chi connectivity index (χ2n) is 6.29. The van der Waals surface area contributed by atoms with E-state index in [4.69, 9.17) is 4.74 Å². The molecule has 128 valence electrons. The van der Waals surface area contributed by atoms with Gasteiger partial charge in [0, 0.05) is 44.1 Å². The molecule has 0 amide bonds. The van der Waals surface area contributed by atoms with Gasteiger partial charge in [-0.15, -0.1) is 0 Å². The van der Waals surface area contributed by atoms with Gasteiger partial charge in [0.1, 0.15) is 5.75 Å². The molecule has 1 aliphatic heterocycles. The Morgan fingerprint density at radius 2 is 1.58 bits per heavy atom. The first-order valence-corrected chi connectivity index (χ1v) is 8.65. The second-order valence-corrected chi connectivity index (χ2v) is 6.29. The average Bonchev–Trinajstić information content (AvgIpc) is 2.57. The Hall–Kier alpha value is -2.14. The van der Waals surface area contributed by atoms with Crippen LogP contribution in [0.4, 0.5) is 5.95 Å². The van der Waals surface area contributed by atoms with Crippen molar-refractivity contribution < 1.29 is 4.74 Å². The summed E-state index contributed by atoms with van der Waals surface area (Å²) in [5.41, 5.74) is 3.40. The van der Waals surface area contributed by atoms with E-state index in [1.807, 2.05) is 26.8 Å². The third-order valence-corrected chi connectivity index (χ3v) is 4.27. The minimum absolute atomic E-state index is 0.710. The molecule has 0 spiro atoms. The van der Waals surface area contributed by atoms with Gasteiger partial charge in [0.25, 0.3) is 0 Å². The van der Waals surface area contributed by atoms with E-state index in [-0.39, 0.29) is 0 Å². The van der Waals surface area contributed by atoms with Crippen molar-refractivity contribution in [1.82, 2.24) is 14.9 Å². The van der Waals surface area contributed by atoms with E-state index in [0.29, 0.717) is 6.61 Å². The first kappa shape index (κ1) is 16.7. The molecule has 1 aromatic carbocycles. The van der Waals surface area contributed by atoms with Crippen molar-refractivity contribution in [3.8, 4) is 5.75 Å². The van der Waals surface area contributed by atoms with Crippen molar-refractivity contribution >= 4 is 5.95 Å². The third kappa shape index (κ3) is 4.23. The summed E-state index contributed by atoms with van der Waals surface area (Å²) in [6, 6.07) is 10.4. The van der Waals surface area contributed by atoms with Crippen molar-refractivity contribution in [3.63, 3.8) is 0 Å². The smallest absolute Gasteiger partial charge is 0.225 e. The fourth-order valence-electron chi connectivity index (χ4n) is 3.07. The molecule has 5 nitrogen and oxygen atoms in total. The molecular formula is C19H26N4O. The van der Waals surface area contributed by atoms with Crippen LogP contribution in [-0.4, -0.2) is 47.7 Å². The van der Waals surface area contributed by atoms with E-state index in [2.05, 4.69) is 44.0 Å². The molecule has 5 heteroatoms. The summed E-state index contributed by atoms with van der Waals surface area (Å²) in [4.78, 5) is 13.9. The molecule has 0 radical (unpaired) electrons. The highest BCUT2D eigenvalue weighted by Gasteiger charge is 2.19. The topological polar surface area (TPSA) is 41.5 Å². The Bertz CT molecular complexity index is 643. The van der Waals surface area contributed by atoms with Crippen LogP contribution in [0.2, 0.25) is 0 Å². The van der Waals surface area contributed by atoms with Gasteiger partial charge in [0.15, 0.2) is 0 Å². The van der Waals surface area contributed by atoms with Crippen molar-refractivity contribution in [2.24, 2.45) is 0 Å². The lowest BCUT2D eigenvalue weighted by atomic mass is 10.2. The highest BCUT2D eigenvalue weighted by molar-refractivity contribution is 5.33. The normalized spacial score (nSPS) is 15.5. The van der Waals surface area contributed by atoms with Gasteiger partial charge in [-0.25, -0.2) is 9.97 Å².